The van der Waals surface area contributed by atoms with Crippen LogP contribution >= 0.6 is 0 Å². The van der Waals surface area contributed by atoms with Gasteiger partial charge in [0.2, 0.25) is 0 Å². The molecule has 1 N–H and O–H groups in total. The molecule has 1 aliphatic rings. The second-order valence-electron chi connectivity index (χ2n) is 6.77. The van der Waals surface area contributed by atoms with Gasteiger partial charge in [-0.05, 0) is 19.4 Å². The Hall–Kier alpha value is -3.41. The molecule has 3 atom stereocenters. The number of esters is 1. The number of nitrogens with zero attached hydrogens (tertiary/aromatic N) is 1. The van der Waals surface area contributed by atoms with Gasteiger partial charge in [0, 0.05) is 24.1 Å². The molecule has 31 heavy (non-hydrogen) atoms. The van der Waals surface area contributed by atoms with Crippen molar-refractivity contribution in [2.45, 2.75) is 31.7 Å². The van der Waals surface area contributed by atoms with E-state index in [4.69, 9.17) is 13.9 Å². The molecule has 2 heterocycles. The smallest absolute Gasteiger partial charge is 0.456 e. The number of fused-ring (bicyclic) bond motifs is 1. The Kier molecular flexibility index (Phi) is 5.53. The van der Waals surface area contributed by atoms with Gasteiger partial charge in [-0.15, -0.1) is 0 Å². The van der Waals surface area contributed by atoms with Crippen molar-refractivity contribution in [2.24, 2.45) is 5.92 Å². The second-order valence-corrected chi connectivity index (χ2v) is 6.77. The van der Waals surface area contributed by atoms with Crippen LogP contribution in [0.2, 0.25) is 0 Å². The van der Waals surface area contributed by atoms with Crippen LogP contribution < -0.4 is 10.4 Å². The molecule has 1 aromatic carbocycles. The van der Waals surface area contributed by atoms with Crippen molar-refractivity contribution < 1.29 is 41.9 Å². The molecule has 1 aliphatic heterocycles. The zero-order chi connectivity index (χ0) is 23.1. The Morgan fingerprint density at radius 3 is 2.45 bits per heavy atom. The standard InChI is InChI=1S/C19H16F3NO8/c1-3-29-17(25)15-13(10-4-6-11(7-5-10)23(27)28)14-12(8-9(2)30-16(14)24)31-18(15,26)19(20,21)22/h4-8,13,15,26H,3H2,1-2H3. The molecule has 3 unspecified atom stereocenters. The van der Waals surface area contributed by atoms with E-state index in [1.807, 2.05) is 0 Å². The SMILES string of the molecule is CCOC(=O)C1C(c2ccc([N+](=O)[O-])cc2)c2c(cc(C)oc2=O)OC1(O)C(F)(F)F. The van der Waals surface area contributed by atoms with Gasteiger partial charge in [0.25, 0.3) is 5.69 Å². The number of carbonyl (C=O) groups excluding carboxylic acids is 1. The maximum Gasteiger partial charge on any atom is 0.456 e. The molecule has 2 aromatic rings. The van der Waals surface area contributed by atoms with E-state index >= 15 is 0 Å². The molecular formula is C19H16F3NO8. The van der Waals surface area contributed by atoms with Gasteiger partial charge in [0.15, 0.2) is 0 Å². The predicted molar refractivity (Wildman–Crippen MR) is 96.4 cm³/mol. The van der Waals surface area contributed by atoms with Crippen LogP contribution in [0.25, 0.3) is 0 Å². The monoisotopic (exact) mass is 443 g/mol. The Balaban J connectivity index is 2.34. The van der Waals surface area contributed by atoms with Gasteiger partial charge in [-0.25, -0.2) is 4.79 Å². The summed E-state index contributed by atoms with van der Waals surface area (Å²) in [6, 6.07) is 5.14. The Morgan fingerprint density at radius 1 is 1.32 bits per heavy atom. The number of benzene rings is 1. The van der Waals surface area contributed by atoms with E-state index in [9.17, 15) is 38.0 Å². The molecule has 1 aromatic heterocycles. The fraction of sp³-hybridized carbons (Fsp3) is 0.368. The van der Waals surface area contributed by atoms with E-state index in [1.165, 1.54) is 13.8 Å². The van der Waals surface area contributed by atoms with Gasteiger partial charge in [-0.3, -0.25) is 14.9 Å². The largest absolute Gasteiger partial charge is 0.466 e. The quantitative estimate of drug-likeness (QED) is 0.434. The first-order chi connectivity index (χ1) is 14.4. The Bertz CT molecular complexity index is 1080. The number of rotatable bonds is 4. The van der Waals surface area contributed by atoms with Crippen molar-refractivity contribution in [2.75, 3.05) is 6.61 Å². The number of ether oxygens (including phenoxy) is 2. The first kappa shape index (κ1) is 22.3. The summed E-state index contributed by atoms with van der Waals surface area (Å²) < 4.78 is 56.4. The maximum atomic E-state index is 14.0. The normalized spacial score (nSPS) is 22.9. The molecule has 12 heteroatoms. The van der Waals surface area contributed by atoms with E-state index in [0.29, 0.717) is 0 Å². The number of nitro groups is 1. The highest BCUT2D eigenvalue weighted by Gasteiger charge is 2.69. The number of halogens is 3. The van der Waals surface area contributed by atoms with Crippen molar-refractivity contribution in [1.29, 1.82) is 0 Å². The Labute approximate surface area is 172 Å². The summed E-state index contributed by atoms with van der Waals surface area (Å²) in [6.07, 6.45) is -5.47. The van der Waals surface area contributed by atoms with E-state index in [0.717, 1.165) is 30.3 Å². The number of hydrogen-bond donors (Lipinski definition) is 1. The van der Waals surface area contributed by atoms with Gasteiger partial charge in [0.1, 0.15) is 17.4 Å². The summed E-state index contributed by atoms with van der Waals surface area (Å²) in [6.45, 7) is 2.32. The number of alkyl halides is 3. The van der Waals surface area contributed by atoms with Crippen molar-refractivity contribution >= 4 is 11.7 Å². The van der Waals surface area contributed by atoms with E-state index < -0.39 is 51.6 Å². The third kappa shape index (κ3) is 3.74. The lowest BCUT2D eigenvalue weighted by Crippen LogP contribution is -2.62. The summed E-state index contributed by atoms with van der Waals surface area (Å²) in [5, 5.41) is 21.5. The average Bonchev–Trinajstić information content (AvgIpc) is 2.66. The number of non-ortho nitro benzene ring substituents is 1. The number of hydrogen-bond acceptors (Lipinski definition) is 8. The molecule has 0 amide bonds. The van der Waals surface area contributed by atoms with Crippen LogP contribution in [-0.2, 0) is 9.53 Å². The van der Waals surface area contributed by atoms with E-state index in [2.05, 4.69) is 0 Å². The third-order valence-electron chi connectivity index (χ3n) is 4.81. The summed E-state index contributed by atoms with van der Waals surface area (Å²) in [5.74, 6) is -10.4. The first-order valence-corrected chi connectivity index (χ1v) is 8.94. The van der Waals surface area contributed by atoms with Crippen LogP contribution in [0.5, 0.6) is 5.75 Å². The summed E-state index contributed by atoms with van der Waals surface area (Å²) in [5.41, 5.74) is -2.00. The average molecular weight is 443 g/mol. The van der Waals surface area contributed by atoms with Crippen molar-refractivity contribution in [1.82, 2.24) is 0 Å². The molecule has 3 rings (SSSR count). The van der Waals surface area contributed by atoms with Crippen LogP contribution in [0.15, 0.2) is 39.5 Å². The first-order valence-electron chi connectivity index (χ1n) is 8.94. The zero-order valence-corrected chi connectivity index (χ0v) is 16.1. The summed E-state index contributed by atoms with van der Waals surface area (Å²) in [7, 11) is 0. The van der Waals surface area contributed by atoms with Crippen LogP contribution in [-0.4, -0.2) is 34.6 Å². The number of aliphatic hydroxyl groups is 1. The minimum atomic E-state index is -5.47. The minimum Gasteiger partial charge on any atom is -0.466 e. The number of nitro benzene ring substituents is 1. The van der Waals surface area contributed by atoms with Crippen LogP contribution in [0.4, 0.5) is 18.9 Å². The minimum absolute atomic E-state index is 0.0907. The molecule has 0 aliphatic carbocycles. The molecule has 0 fully saturated rings. The highest BCUT2D eigenvalue weighted by Crippen LogP contribution is 2.52. The highest BCUT2D eigenvalue weighted by molar-refractivity contribution is 5.77. The van der Waals surface area contributed by atoms with E-state index in [-0.39, 0.29) is 23.6 Å². The molecular weight excluding hydrogens is 427 g/mol. The van der Waals surface area contributed by atoms with Gasteiger partial charge in [0.05, 0.1) is 17.1 Å². The number of aryl methyl sites for hydroxylation is 1. The van der Waals surface area contributed by atoms with Crippen LogP contribution in [0, 0.1) is 23.0 Å². The lowest BCUT2D eigenvalue weighted by molar-refractivity contribution is -0.384. The molecule has 9 nitrogen and oxygen atoms in total. The molecule has 0 saturated heterocycles. The number of carbonyl (C=O) groups is 1. The van der Waals surface area contributed by atoms with Gasteiger partial charge in [-0.2, -0.15) is 13.2 Å². The lowest BCUT2D eigenvalue weighted by Gasteiger charge is -2.43. The topological polar surface area (TPSA) is 129 Å². The Morgan fingerprint density at radius 2 is 1.94 bits per heavy atom. The van der Waals surface area contributed by atoms with E-state index in [1.54, 1.807) is 0 Å². The zero-order valence-electron chi connectivity index (χ0n) is 16.1. The molecule has 0 radical (unpaired) electrons. The predicted octanol–water partition coefficient (Wildman–Crippen LogP) is 2.81. The summed E-state index contributed by atoms with van der Waals surface area (Å²) in [4.78, 5) is 35.4. The van der Waals surface area contributed by atoms with Gasteiger partial charge >= 0.3 is 23.6 Å². The molecule has 166 valence electrons. The fourth-order valence-corrected chi connectivity index (χ4v) is 3.51. The van der Waals surface area contributed by atoms with Crippen LogP contribution in [0.1, 0.15) is 29.7 Å². The third-order valence-corrected chi connectivity index (χ3v) is 4.81. The van der Waals surface area contributed by atoms with Crippen molar-refractivity contribution in [3.05, 3.63) is 67.8 Å². The molecule has 0 bridgehead atoms. The summed E-state index contributed by atoms with van der Waals surface area (Å²) >= 11 is 0. The highest BCUT2D eigenvalue weighted by atomic mass is 19.4. The van der Waals surface area contributed by atoms with Gasteiger partial charge in [-0.1, -0.05) is 12.1 Å². The second kappa shape index (κ2) is 7.69. The lowest BCUT2D eigenvalue weighted by atomic mass is 9.74. The van der Waals surface area contributed by atoms with Gasteiger partial charge < -0.3 is 19.0 Å². The fourth-order valence-electron chi connectivity index (χ4n) is 3.51. The van der Waals surface area contributed by atoms with Crippen molar-refractivity contribution in [3.63, 3.8) is 0 Å². The molecule has 0 saturated carbocycles. The van der Waals surface area contributed by atoms with Crippen LogP contribution in [0.3, 0.4) is 0 Å². The maximum absolute atomic E-state index is 14.0. The van der Waals surface area contributed by atoms with Crippen molar-refractivity contribution in [3.8, 4) is 5.75 Å². The molecule has 0 spiro atoms.